The summed E-state index contributed by atoms with van der Waals surface area (Å²) in [5.74, 6) is 0.0452. The minimum atomic E-state index is -0.169. The molecule has 0 saturated heterocycles. The summed E-state index contributed by atoms with van der Waals surface area (Å²) in [4.78, 5) is 23.1. The van der Waals surface area contributed by atoms with Crippen molar-refractivity contribution in [1.82, 2.24) is 0 Å². The Morgan fingerprint density at radius 2 is 2.00 bits per heavy atom. The van der Waals surface area contributed by atoms with Crippen LogP contribution in [0.15, 0.2) is 12.1 Å². The summed E-state index contributed by atoms with van der Waals surface area (Å²) in [6.45, 7) is 7.59. The maximum atomic E-state index is 11.6. The zero-order chi connectivity index (χ0) is 12.8. The number of fused-ring (bicyclic) bond motifs is 1. The fourth-order valence-corrected chi connectivity index (χ4v) is 2.44. The Labute approximate surface area is 101 Å². The van der Waals surface area contributed by atoms with Gasteiger partial charge in [0, 0.05) is 23.1 Å². The van der Waals surface area contributed by atoms with E-state index >= 15 is 0 Å². The summed E-state index contributed by atoms with van der Waals surface area (Å²) in [6, 6.07) is 3.82. The molecule has 2 rings (SSSR count). The first-order chi connectivity index (χ1) is 7.81. The van der Waals surface area contributed by atoms with E-state index in [-0.39, 0.29) is 17.1 Å². The van der Waals surface area contributed by atoms with E-state index in [1.165, 1.54) is 0 Å². The molecule has 0 unspecified atom stereocenters. The quantitative estimate of drug-likeness (QED) is 0.755. The third-order valence-electron chi connectivity index (χ3n) is 3.35. The van der Waals surface area contributed by atoms with Gasteiger partial charge in [0.15, 0.2) is 5.78 Å². The third-order valence-corrected chi connectivity index (χ3v) is 3.35. The fraction of sp³-hybridized carbons (Fsp3) is 0.429. The van der Waals surface area contributed by atoms with Gasteiger partial charge >= 0.3 is 0 Å². The molecule has 1 heterocycles. The van der Waals surface area contributed by atoms with E-state index in [4.69, 9.17) is 0 Å². The van der Waals surface area contributed by atoms with Crippen LogP contribution in [0.4, 0.5) is 5.69 Å². The molecule has 3 heteroatoms. The Hall–Kier alpha value is -1.64. The highest BCUT2D eigenvalue weighted by Gasteiger charge is 2.32. The van der Waals surface area contributed by atoms with Crippen molar-refractivity contribution >= 4 is 17.4 Å². The SMILES string of the molecule is CC(=O)c1cc2c(cc1C)C(C)(C)CC(=O)N2. The van der Waals surface area contributed by atoms with Crippen LogP contribution in [0.5, 0.6) is 0 Å². The maximum Gasteiger partial charge on any atom is 0.225 e. The molecule has 0 atom stereocenters. The van der Waals surface area contributed by atoms with Crippen molar-refractivity contribution < 1.29 is 9.59 Å². The van der Waals surface area contributed by atoms with Crippen LogP contribution in [-0.4, -0.2) is 11.7 Å². The normalized spacial score (nSPS) is 17.3. The Kier molecular flexibility index (Phi) is 2.57. The first-order valence-electron chi connectivity index (χ1n) is 5.77. The smallest absolute Gasteiger partial charge is 0.225 e. The van der Waals surface area contributed by atoms with Gasteiger partial charge in [-0.3, -0.25) is 9.59 Å². The first kappa shape index (κ1) is 11.8. The highest BCUT2D eigenvalue weighted by Crippen LogP contribution is 2.38. The molecule has 0 fully saturated rings. The highest BCUT2D eigenvalue weighted by molar-refractivity contribution is 6.00. The van der Waals surface area contributed by atoms with Crippen LogP contribution in [-0.2, 0) is 10.2 Å². The number of anilines is 1. The van der Waals surface area contributed by atoms with Gasteiger partial charge in [-0.2, -0.15) is 0 Å². The molecule has 0 aliphatic carbocycles. The Balaban J connectivity index is 2.64. The predicted octanol–water partition coefficient (Wildman–Crippen LogP) is 2.82. The minimum absolute atomic E-state index is 0.0147. The molecule has 3 nitrogen and oxygen atoms in total. The zero-order valence-corrected chi connectivity index (χ0v) is 10.7. The second kappa shape index (κ2) is 3.69. The number of aryl methyl sites for hydroxylation is 1. The van der Waals surface area contributed by atoms with Gasteiger partial charge in [0.1, 0.15) is 0 Å². The van der Waals surface area contributed by atoms with Gasteiger partial charge in [0.2, 0.25) is 5.91 Å². The summed E-state index contributed by atoms with van der Waals surface area (Å²) < 4.78 is 0. The maximum absolute atomic E-state index is 11.6. The van der Waals surface area contributed by atoms with Gasteiger partial charge in [0.25, 0.3) is 0 Å². The van der Waals surface area contributed by atoms with Crippen LogP contribution in [0, 0.1) is 6.92 Å². The zero-order valence-electron chi connectivity index (χ0n) is 10.7. The van der Waals surface area contributed by atoms with Crippen molar-refractivity contribution in [1.29, 1.82) is 0 Å². The average molecular weight is 231 g/mol. The number of hydrogen-bond acceptors (Lipinski definition) is 2. The summed E-state index contributed by atoms with van der Waals surface area (Å²) in [6.07, 6.45) is 0.485. The van der Waals surface area contributed by atoms with Crippen molar-refractivity contribution in [3.63, 3.8) is 0 Å². The molecule has 1 aliphatic rings. The number of carbonyl (C=O) groups is 2. The Morgan fingerprint density at radius 3 is 2.59 bits per heavy atom. The number of rotatable bonds is 1. The van der Waals surface area contributed by atoms with Gasteiger partial charge < -0.3 is 5.32 Å². The topological polar surface area (TPSA) is 46.2 Å². The molecule has 17 heavy (non-hydrogen) atoms. The lowest BCUT2D eigenvalue weighted by Crippen LogP contribution is -2.32. The van der Waals surface area contributed by atoms with E-state index in [0.717, 1.165) is 16.8 Å². The number of Topliss-reactive ketones (excluding diaryl/α,β-unsaturated/α-hetero) is 1. The molecular weight excluding hydrogens is 214 g/mol. The monoisotopic (exact) mass is 231 g/mol. The molecule has 90 valence electrons. The van der Waals surface area contributed by atoms with E-state index in [1.54, 1.807) is 13.0 Å². The van der Waals surface area contributed by atoms with Gasteiger partial charge in [-0.1, -0.05) is 19.9 Å². The highest BCUT2D eigenvalue weighted by atomic mass is 16.1. The van der Waals surface area contributed by atoms with E-state index in [2.05, 4.69) is 19.2 Å². The van der Waals surface area contributed by atoms with Crippen LogP contribution >= 0.6 is 0 Å². The molecular formula is C14H17NO2. The van der Waals surface area contributed by atoms with Crippen LogP contribution in [0.1, 0.15) is 48.7 Å². The molecule has 0 aromatic heterocycles. The molecule has 1 amide bonds. The fourth-order valence-electron chi connectivity index (χ4n) is 2.44. The largest absolute Gasteiger partial charge is 0.326 e. The summed E-state index contributed by atoms with van der Waals surface area (Å²) in [5.41, 5.74) is 3.38. The standard InChI is InChI=1S/C14H17NO2/c1-8-5-11-12(6-10(8)9(2)16)15-13(17)7-14(11,3)4/h5-6H,7H2,1-4H3,(H,15,17). The van der Waals surface area contributed by atoms with E-state index in [9.17, 15) is 9.59 Å². The van der Waals surface area contributed by atoms with Gasteiger partial charge in [0.05, 0.1) is 0 Å². The van der Waals surface area contributed by atoms with Crippen molar-refractivity contribution in [2.75, 3.05) is 5.32 Å². The summed E-state index contributed by atoms with van der Waals surface area (Å²) >= 11 is 0. The third kappa shape index (κ3) is 1.97. The van der Waals surface area contributed by atoms with Crippen LogP contribution in [0.3, 0.4) is 0 Å². The predicted molar refractivity (Wildman–Crippen MR) is 67.5 cm³/mol. The molecule has 1 aromatic carbocycles. The van der Waals surface area contributed by atoms with Crippen molar-refractivity contribution in [3.05, 3.63) is 28.8 Å². The summed E-state index contributed by atoms with van der Waals surface area (Å²) in [5, 5.41) is 2.85. The number of carbonyl (C=O) groups excluding carboxylic acids is 2. The van der Waals surface area contributed by atoms with E-state index in [1.807, 2.05) is 13.0 Å². The molecule has 0 saturated carbocycles. The lowest BCUT2D eigenvalue weighted by Gasteiger charge is -2.32. The van der Waals surface area contributed by atoms with Gasteiger partial charge in [-0.05, 0) is 31.0 Å². The molecule has 1 N–H and O–H groups in total. The van der Waals surface area contributed by atoms with E-state index < -0.39 is 0 Å². The van der Waals surface area contributed by atoms with Crippen LogP contribution in [0.2, 0.25) is 0 Å². The number of hydrogen-bond donors (Lipinski definition) is 1. The lowest BCUT2D eigenvalue weighted by molar-refractivity contribution is -0.117. The average Bonchev–Trinajstić information content (AvgIpc) is 2.17. The minimum Gasteiger partial charge on any atom is -0.326 e. The van der Waals surface area contributed by atoms with Crippen molar-refractivity contribution in [2.45, 2.75) is 39.5 Å². The Morgan fingerprint density at radius 1 is 1.35 bits per heavy atom. The van der Waals surface area contributed by atoms with Crippen LogP contribution < -0.4 is 5.32 Å². The van der Waals surface area contributed by atoms with Crippen molar-refractivity contribution in [2.24, 2.45) is 0 Å². The number of nitrogens with one attached hydrogen (secondary N) is 1. The number of amides is 1. The van der Waals surface area contributed by atoms with Gasteiger partial charge in [-0.15, -0.1) is 0 Å². The summed E-state index contributed by atoms with van der Waals surface area (Å²) in [7, 11) is 0. The van der Waals surface area contributed by atoms with Gasteiger partial charge in [-0.25, -0.2) is 0 Å². The van der Waals surface area contributed by atoms with Crippen molar-refractivity contribution in [3.8, 4) is 0 Å². The second-order valence-corrected chi connectivity index (χ2v) is 5.38. The molecule has 0 spiro atoms. The molecule has 1 aliphatic heterocycles. The second-order valence-electron chi connectivity index (χ2n) is 5.38. The molecule has 0 radical (unpaired) electrons. The lowest BCUT2D eigenvalue weighted by atomic mass is 9.76. The first-order valence-corrected chi connectivity index (χ1v) is 5.77. The number of ketones is 1. The number of benzene rings is 1. The van der Waals surface area contributed by atoms with Crippen LogP contribution in [0.25, 0.3) is 0 Å². The molecule has 0 bridgehead atoms. The Bertz CT molecular complexity index is 515. The molecule has 1 aromatic rings. The van der Waals surface area contributed by atoms with E-state index in [0.29, 0.717) is 12.0 Å².